The van der Waals surface area contributed by atoms with Crippen LogP contribution in [-0.2, 0) is 0 Å². The van der Waals surface area contributed by atoms with E-state index in [2.05, 4.69) is 20.4 Å². The van der Waals surface area contributed by atoms with Crippen molar-refractivity contribution in [3.8, 4) is 0 Å². The summed E-state index contributed by atoms with van der Waals surface area (Å²) in [7, 11) is 0. The van der Waals surface area contributed by atoms with Crippen LogP contribution in [0.15, 0.2) is 0 Å². The van der Waals surface area contributed by atoms with Crippen molar-refractivity contribution in [1.82, 2.24) is 25.3 Å². The van der Waals surface area contributed by atoms with Crippen LogP contribution in [0.25, 0.3) is 0 Å². The van der Waals surface area contributed by atoms with Crippen LogP contribution in [0.2, 0.25) is 0 Å². The van der Waals surface area contributed by atoms with E-state index >= 15 is 0 Å². The standard InChI is InChI=1S/C13H21N5O/c1-9-12(10(2)16-15-9)13(19)18-5-3-17(4-6-18)11-7-14-8-11/h11,14H,3-8H2,1-2H3,(H,15,16). The third kappa shape index (κ3) is 2.26. The summed E-state index contributed by atoms with van der Waals surface area (Å²) in [6, 6.07) is 0.676. The summed E-state index contributed by atoms with van der Waals surface area (Å²) < 4.78 is 0. The van der Waals surface area contributed by atoms with Crippen LogP contribution in [0, 0.1) is 13.8 Å². The van der Waals surface area contributed by atoms with Crippen LogP contribution in [-0.4, -0.2) is 71.2 Å². The first kappa shape index (κ1) is 12.6. The van der Waals surface area contributed by atoms with Crippen molar-refractivity contribution in [2.24, 2.45) is 0 Å². The molecule has 1 aromatic rings. The Balaban J connectivity index is 1.63. The summed E-state index contributed by atoms with van der Waals surface area (Å²) in [4.78, 5) is 16.9. The fourth-order valence-corrected chi connectivity index (χ4v) is 2.85. The van der Waals surface area contributed by atoms with Crippen molar-refractivity contribution in [3.05, 3.63) is 17.0 Å². The molecule has 0 atom stereocenters. The summed E-state index contributed by atoms with van der Waals surface area (Å²) in [6.45, 7) is 9.57. The van der Waals surface area contributed by atoms with Gasteiger partial charge in [-0.1, -0.05) is 0 Å². The maximum Gasteiger partial charge on any atom is 0.257 e. The van der Waals surface area contributed by atoms with E-state index < -0.39 is 0 Å². The van der Waals surface area contributed by atoms with Crippen molar-refractivity contribution in [1.29, 1.82) is 0 Å². The SMILES string of the molecule is Cc1n[nH]c(C)c1C(=O)N1CCN(C2CNC2)CC1. The van der Waals surface area contributed by atoms with Gasteiger partial charge in [-0.15, -0.1) is 0 Å². The Morgan fingerprint density at radius 2 is 1.89 bits per heavy atom. The van der Waals surface area contributed by atoms with Crippen LogP contribution < -0.4 is 5.32 Å². The molecular weight excluding hydrogens is 242 g/mol. The van der Waals surface area contributed by atoms with E-state index in [0.29, 0.717) is 6.04 Å². The number of piperazine rings is 1. The van der Waals surface area contributed by atoms with E-state index in [1.807, 2.05) is 18.7 Å². The van der Waals surface area contributed by atoms with Gasteiger partial charge in [0.15, 0.2) is 0 Å². The minimum absolute atomic E-state index is 0.120. The van der Waals surface area contributed by atoms with E-state index in [-0.39, 0.29) is 5.91 Å². The zero-order valence-corrected chi connectivity index (χ0v) is 11.6. The van der Waals surface area contributed by atoms with Gasteiger partial charge in [0.25, 0.3) is 5.91 Å². The number of hydrogen-bond donors (Lipinski definition) is 2. The lowest BCUT2D eigenvalue weighted by atomic mass is 10.1. The van der Waals surface area contributed by atoms with E-state index in [1.54, 1.807) is 0 Å². The predicted molar refractivity (Wildman–Crippen MR) is 72.2 cm³/mol. The van der Waals surface area contributed by atoms with Gasteiger partial charge in [0.1, 0.15) is 0 Å². The molecule has 2 saturated heterocycles. The van der Waals surface area contributed by atoms with Gasteiger partial charge in [-0.2, -0.15) is 5.10 Å². The second-order valence-electron chi connectivity index (χ2n) is 5.45. The van der Waals surface area contributed by atoms with Crippen LogP contribution in [0.4, 0.5) is 0 Å². The molecular formula is C13H21N5O. The molecule has 2 N–H and O–H groups in total. The fourth-order valence-electron chi connectivity index (χ4n) is 2.85. The molecule has 0 unspecified atom stereocenters. The van der Waals surface area contributed by atoms with E-state index in [0.717, 1.165) is 56.2 Å². The minimum atomic E-state index is 0.120. The molecule has 2 aliphatic heterocycles. The summed E-state index contributed by atoms with van der Waals surface area (Å²) in [6.07, 6.45) is 0. The number of amides is 1. The smallest absolute Gasteiger partial charge is 0.257 e. The molecule has 104 valence electrons. The average molecular weight is 263 g/mol. The Labute approximate surface area is 113 Å². The zero-order valence-electron chi connectivity index (χ0n) is 11.6. The first-order valence-corrected chi connectivity index (χ1v) is 6.92. The lowest BCUT2D eigenvalue weighted by Crippen LogP contribution is -2.62. The van der Waals surface area contributed by atoms with Crippen LogP contribution >= 0.6 is 0 Å². The highest BCUT2D eigenvalue weighted by Gasteiger charge is 2.30. The first-order chi connectivity index (χ1) is 9.16. The van der Waals surface area contributed by atoms with Crippen molar-refractivity contribution >= 4 is 5.91 Å². The molecule has 0 aliphatic carbocycles. The van der Waals surface area contributed by atoms with Crippen molar-refractivity contribution in [3.63, 3.8) is 0 Å². The minimum Gasteiger partial charge on any atom is -0.336 e. The number of aromatic nitrogens is 2. The zero-order chi connectivity index (χ0) is 13.4. The molecule has 0 saturated carbocycles. The molecule has 2 aliphatic rings. The molecule has 6 nitrogen and oxygen atoms in total. The number of carbonyl (C=O) groups excluding carboxylic acids is 1. The third-order valence-corrected chi connectivity index (χ3v) is 4.22. The second-order valence-corrected chi connectivity index (χ2v) is 5.45. The maximum absolute atomic E-state index is 12.5. The molecule has 0 radical (unpaired) electrons. The monoisotopic (exact) mass is 263 g/mol. The number of hydrogen-bond acceptors (Lipinski definition) is 4. The fraction of sp³-hybridized carbons (Fsp3) is 0.692. The quantitative estimate of drug-likeness (QED) is 0.773. The summed E-state index contributed by atoms with van der Waals surface area (Å²) in [5.74, 6) is 0.120. The number of nitrogens with one attached hydrogen (secondary N) is 2. The highest BCUT2D eigenvalue weighted by molar-refractivity contribution is 5.96. The number of rotatable bonds is 2. The van der Waals surface area contributed by atoms with E-state index in [4.69, 9.17) is 0 Å². The number of nitrogens with zero attached hydrogens (tertiary/aromatic N) is 3. The number of carbonyl (C=O) groups is 1. The van der Waals surface area contributed by atoms with Crippen molar-refractivity contribution in [2.45, 2.75) is 19.9 Å². The van der Waals surface area contributed by atoms with Gasteiger partial charge in [0, 0.05) is 51.0 Å². The van der Waals surface area contributed by atoms with Gasteiger partial charge < -0.3 is 10.2 Å². The first-order valence-electron chi connectivity index (χ1n) is 6.92. The van der Waals surface area contributed by atoms with Gasteiger partial charge >= 0.3 is 0 Å². The third-order valence-electron chi connectivity index (χ3n) is 4.22. The average Bonchev–Trinajstić information content (AvgIpc) is 2.67. The molecule has 19 heavy (non-hydrogen) atoms. The largest absolute Gasteiger partial charge is 0.336 e. The molecule has 1 amide bonds. The molecule has 1 aromatic heterocycles. The molecule has 3 heterocycles. The van der Waals surface area contributed by atoms with Crippen LogP contribution in [0.5, 0.6) is 0 Å². The van der Waals surface area contributed by atoms with Gasteiger partial charge in [0.05, 0.1) is 11.3 Å². The maximum atomic E-state index is 12.5. The Bertz CT molecular complexity index is 452. The molecule has 2 fully saturated rings. The lowest BCUT2D eigenvalue weighted by Gasteiger charge is -2.43. The summed E-state index contributed by atoms with van der Waals surface area (Å²) in [5, 5.41) is 10.3. The lowest BCUT2D eigenvalue weighted by molar-refractivity contribution is 0.0501. The normalized spacial score (nSPS) is 21.5. The predicted octanol–water partition coefficient (Wildman–Crippen LogP) is -0.244. The Hall–Kier alpha value is -1.40. The van der Waals surface area contributed by atoms with E-state index in [1.165, 1.54) is 0 Å². The topological polar surface area (TPSA) is 64.3 Å². The highest BCUT2D eigenvalue weighted by atomic mass is 16.2. The summed E-state index contributed by atoms with van der Waals surface area (Å²) in [5.41, 5.74) is 2.42. The Kier molecular flexibility index (Phi) is 3.28. The number of aromatic amines is 1. The van der Waals surface area contributed by atoms with E-state index in [9.17, 15) is 4.79 Å². The van der Waals surface area contributed by atoms with Crippen molar-refractivity contribution < 1.29 is 4.79 Å². The van der Waals surface area contributed by atoms with Crippen LogP contribution in [0.3, 0.4) is 0 Å². The van der Waals surface area contributed by atoms with Crippen molar-refractivity contribution in [2.75, 3.05) is 39.3 Å². The number of H-pyrrole nitrogens is 1. The Morgan fingerprint density at radius 1 is 1.21 bits per heavy atom. The van der Waals surface area contributed by atoms with Gasteiger partial charge in [0.2, 0.25) is 0 Å². The molecule has 6 heteroatoms. The van der Waals surface area contributed by atoms with Gasteiger partial charge in [-0.3, -0.25) is 14.8 Å². The molecule has 3 rings (SSSR count). The number of aryl methyl sites for hydroxylation is 2. The molecule has 0 spiro atoms. The van der Waals surface area contributed by atoms with Crippen LogP contribution in [0.1, 0.15) is 21.7 Å². The summed E-state index contributed by atoms with van der Waals surface area (Å²) >= 11 is 0. The van der Waals surface area contributed by atoms with Gasteiger partial charge in [-0.05, 0) is 13.8 Å². The second kappa shape index (κ2) is 4.94. The highest BCUT2D eigenvalue weighted by Crippen LogP contribution is 2.16. The molecule has 0 bridgehead atoms. The Morgan fingerprint density at radius 3 is 2.37 bits per heavy atom. The van der Waals surface area contributed by atoms with Gasteiger partial charge in [-0.25, -0.2) is 0 Å². The molecule has 0 aromatic carbocycles.